The lowest BCUT2D eigenvalue weighted by atomic mass is 9.99. The zero-order valence-corrected chi connectivity index (χ0v) is 14.0. The van der Waals surface area contributed by atoms with Crippen molar-refractivity contribution < 1.29 is 4.39 Å². The van der Waals surface area contributed by atoms with Crippen molar-refractivity contribution in [2.45, 2.75) is 6.92 Å². The highest BCUT2D eigenvalue weighted by Gasteiger charge is 2.18. The second-order valence-corrected chi connectivity index (χ2v) is 6.30. The molecule has 0 saturated heterocycles. The van der Waals surface area contributed by atoms with E-state index in [2.05, 4.69) is 36.1 Å². The summed E-state index contributed by atoms with van der Waals surface area (Å²) in [5.74, 6) is -0.425. The van der Waals surface area contributed by atoms with Gasteiger partial charge in [-0.25, -0.2) is 9.37 Å². The van der Waals surface area contributed by atoms with Crippen molar-refractivity contribution in [2.75, 3.05) is 5.73 Å². The molecule has 0 radical (unpaired) electrons. The summed E-state index contributed by atoms with van der Waals surface area (Å²) in [7, 11) is 0. The number of H-pyrrole nitrogens is 2. The highest BCUT2D eigenvalue weighted by atomic mass is 79.9. The third kappa shape index (κ3) is 2.03. The van der Waals surface area contributed by atoms with E-state index in [4.69, 9.17) is 5.73 Å². The number of halogens is 2. The molecule has 0 unspecified atom stereocenters. The minimum absolute atomic E-state index is 0.0332. The first-order valence-corrected chi connectivity index (χ1v) is 7.87. The molecule has 3 heterocycles. The summed E-state index contributed by atoms with van der Waals surface area (Å²) in [6.45, 7) is 1.84. The predicted octanol–water partition coefficient (Wildman–Crippen LogP) is 3.26. The second kappa shape index (κ2) is 5.13. The van der Waals surface area contributed by atoms with Crippen LogP contribution in [0.2, 0.25) is 0 Å². The van der Waals surface area contributed by atoms with E-state index in [1.807, 2.05) is 6.92 Å². The molecule has 6 nitrogen and oxygen atoms in total. The number of fused-ring (bicyclic) bond motifs is 2. The first-order chi connectivity index (χ1) is 11.5. The molecule has 0 aliphatic rings. The molecule has 4 N–H and O–H groups in total. The number of hydrogen-bond acceptors (Lipinski definition) is 4. The highest BCUT2D eigenvalue weighted by molar-refractivity contribution is 9.10. The Morgan fingerprint density at radius 3 is 2.92 bits per heavy atom. The van der Waals surface area contributed by atoms with Crippen LogP contribution in [0.1, 0.15) is 5.69 Å². The molecular weight excluding hydrogens is 377 g/mol. The van der Waals surface area contributed by atoms with Gasteiger partial charge < -0.3 is 10.7 Å². The Morgan fingerprint density at radius 1 is 1.33 bits per heavy atom. The van der Waals surface area contributed by atoms with Crippen LogP contribution in [0.4, 0.5) is 10.1 Å². The van der Waals surface area contributed by atoms with E-state index in [1.165, 1.54) is 12.3 Å². The van der Waals surface area contributed by atoms with Gasteiger partial charge in [0.15, 0.2) is 0 Å². The summed E-state index contributed by atoms with van der Waals surface area (Å²) in [6, 6.07) is 4.67. The zero-order chi connectivity index (χ0) is 17.0. The van der Waals surface area contributed by atoms with Gasteiger partial charge >= 0.3 is 0 Å². The van der Waals surface area contributed by atoms with Gasteiger partial charge in [-0.2, -0.15) is 5.10 Å². The molecule has 0 atom stereocenters. The van der Waals surface area contributed by atoms with Crippen LogP contribution in [0.3, 0.4) is 0 Å². The Kier molecular flexibility index (Phi) is 3.17. The van der Waals surface area contributed by atoms with Gasteiger partial charge in [-0.05, 0) is 40.5 Å². The molecule has 4 rings (SSSR count). The number of nitrogen functional groups attached to an aromatic ring is 1. The minimum atomic E-state index is -0.425. The van der Waals surface area contributed by atoms with Crippen molar-refractivity contribution in [3.8, 4) is 11.1 Å². The summed E-state index contributed by atoms with van der Waals surface area (Å²) >= 11 is 3.40. The molecule has 0 spiro atoms. The summed E-state index contributed by atoms with van der Waals surface area (Å²) < 4.78 is 14.7. The van der Waals surface area contributed by atoms with Crippen LogP contribution in [0.25, 0.3) is 33.1 Å². The van der Waals surface area contributed by atoms with Gasteiger partial charge in [0.05, 0.1) is 22.9 Å². The smallest absolute Gasteiger partial charge is 0.272 e. The number of anilines is 1. The predicted molar refractivity (Wildman–Crippen MR) is 94.3 cm³/mol. The number of pyridine rings is 2. The number of hydrogen-bond donors (Lipinski definition) is 3. The van der Waals surface area contributed by atoms with Crippen molar-refractivity contribution in [1.82, 2.24) is 20.2 Å². The van der Waals surface area contributed by atoms with Gasteiger partial charge in [0.25, 0.3) is 5.56 Å². The Hall–Kier alpha value is -2.74. The maximum Gasteiger partial charge on any atom is 0.272 e. The van der Waals surface area contributed by atoms with Crippen LogP contribution >= 0.6 is 15.9 Å². The maximum absolute atomic E-state index is 13.9. The molecule has 0 saturated carbocycles. The molecule has 3 aromatic heterocycles. The van der Waals surface area contributed by atoms with Crippen molar-refractivity contribution in [3.05, 3.63) is 50.7 Å². The lowest BCUT2D eigenvalue weighted by Gasteiger charge is -2.11. The lowest BCUT2D eigenvalue weighted by Crippen LogP contribution is -2.14. The fraction of sp³-hybridized carbons (Fsp3) is 0.0625. The van der Waals surface area contributed by atoms with E-state index in [-0.39, 0.29) is 11.2 Å². The number of aryl methyl sites for hydroxylation is 1. The second-order valence-electron chi connectivity index (χ2n) is 5.45. The fourth-order valence-corrected chi connectivity index (χ4v) is 3.11. The Bertz CT molecular complexity index is 1180. The minimum Gasteiger partial charge on any atom is -0.394 e. The third-order valence-electron chi connectivity index (χ3n) is 3.98. The Labute approximate surface area is 143 Å². The SMILES string of the molecule is Cc1nc2c(-c3ccc(F)c4[nH]ncc34)c(N)c(=O)[nH]c2cc1Br. The van der Waals surface area contributed by atoms with Crippen molar-refractivity contribution in [3.63, 3.8) is 0 Å². The topological polar surface area (TPSA) is 100 Å². The van der Waals surface area contributed by atoms with E-state index >= 15 is 0 Å². The average Bonchev–Trinajstić information content (AvgIpc) is 3.03. The third-order valence-corrected chi connectivity index (χ3v) is 4.79. The van der Waals surface area contributed by atoms with Crippen LogP contribution in [-0.4, -0.2) is 20.2 Å². The molecule has 8 heteroatoms. The summed E-state index contributed by atoms with van der Waals surface area (Å²) in [6.07, 6.45) is 1.51. The molecular formula is C16H11BrFN5O. The number of aromatic amines is 2. The van der Waals surface area contributed by atoms with Crippen molar-refractivity contribution in [2.24, 2.45) is 0 Å². The number of rotatable bonds is 1. The van der Waals surface area contributed by atoms with E-state index < -0.39 is 11.4 Å². The Morgan fingerprint density at radius 2 is 2.12 bits per heavy atom. The standard InChI is InChI=1S/C16H11BrFN5O/c1-6-9(17)4-11-15(21-6)12(13(19)16(24)22-11)7-2-3-10(18)14-8(7)5-20-23-14/h2-5H,19H2,1H3,(H,20,23)(H,22,24). The van der Waals surface area contributed by atoms with Crippen LogP contribution in [0.15, 0.2) is 33.7 Å². The maximum atomic E-state index is 13.9. The van der Waals surface area contributed by atoms with Crippen LogP contribution in [-0.2, 0) is 0 Å². The quantitative estimate of drug-likeness (QED) is 0.466. The van der Waals surface area contributed by atoms with Crippen LogP contribution in [0.5, 0.6) is 0 Å². The van der Waals surface area contributed by atoms with E-state index in [9.17, 15) is 9.18 Å². The number of nitrogens with zero attached hydrogens (tertiary/aromatic N) is 2. The van der Waals surface area contributed by atoms with Gasteiger partial charge in [0, 0.05) is 15.4 Å². The Balaban J connectivity index is 2.21. The normalized spacial score (nSPS) is 11.5. The first kappa shape index (κ1) is 14.8. The van der Waals surface area contributed by atoms with Gasteiger partial charge in [0.2, 0.25) is 0 Å². The molecule has 120 valence electrons. The molecule has 24 heavy (non-hydrogen) atoms. The summed E-state index contributed by atoms with van der Waals surface area (Å²) in [5, 5.41) is 7.05. The monoisotopic (exact) mass is 387 g/mol. The number of aromatic nitrogens is 4. The first-order valence-electron chi connectivity index (χ1n) is 7.08. The molecule has 0 bridgehead atoms. The average molecular weight is 388 g/mol. The largest absolute Gasteiger partial charge is 0.394 e. The van der Waals surface area contributed by atoms with E-state index in [0.717, 1.165) is 10.2 Å². The van der Waals surface area contributed by atoms with Gasteiger partial charge in [-0.15, -0.1) is 0 Å². The van der Waals surface area contributed by atoms with Gasteiger partial charge in [-0.1, -0.05) is 6.07 Å². The fourth-order valence-electron chi connectivity index (χ4n) is 2.79. The van der Waals surface area contributed by atoms with Crippen molar-refractivity contribution in [1.29, 1.82) is 0 Å². The number of nitrogens with one attached hydrogen (secondary N) is 2. The zero-order valence-electron chi connectivity index (χ0n) is 12.4. The molecule has 0 aliphatic carbocycles. The molecule has 4 aromatic rings. The summed E-state index contributed by atoms with van der Waals surface area (Å²) in [5.41, 5.74) is 8.82. The van der Waals surface area contributed by atoms with E-state index in [0.29, 0.717) is 27.5 Å². The van der Waals surface area contributed by atoms with Gasteiger partial charge in [-0.3, -0.25) is 9.89 Å². The highest BCUT2D eigenvalue weighted by Crippen LogP contribution is 2.36. The van der Waals surface area contributed by atoms with E-state index in [1.54, 1.807) is 12.1 Å². The van der Waals surface area contributed by atoms with Crippen molar-refractivity contribution >= 4 is 43.6 Å². The number of nitrogens with two attached hydrogens (primary N) is 1. The molecule has 1 aromatic carbocycles. The summed E-state index contributed by atoms with van der Waals surface area (Å²) in [4.78, 5) is 19.5. The van der Waals surface area contributed by atoms with Crippen LogP contribution in [0, 0.1) is 12.7 Å². The molecule has 0 fully saturated rings. The van der Waals surface area contributed by atoms with Crippen LogP contribution < -0.4 is 11.3 Å². The lowest BCUT2D eigenvalue weighted by molar-refractivity contribution is 0.636. The van der Waals surface area contributed by atoms with Gasteiger partial charge in [0.1, 0.15) is 17.0 Å². The molecule has 0 aliphatic heterocycles. The number of benzene rings is 1. The molecule has 0 amide bonds.